The van der Waals surface area contributed by atoms with Crippen molar-refractivity contribution < 1.29 is 4.79 Å². The molecule has 1 unspecified atom stereocenters. The molecule has 1 amide bonds. The molecule has 0 spiro atoms. The smallest absolute Gasteiger partial charge is 0.223 e. The van der Waals surface area contributed by atoms with Gasteiger partial charge in [-0.1, -0.05) is 20.8 Å². The maximum Gasteiger partial charge on any atom is 0.223 e. The van der Waals surface area contributed by atoms with Crippen LogP contribution in [0.4, 0.5) is 0 Å². The van der Waals surface area contributed by atoms with Gasteiger partial charge in [-0.2, -0.15) is 0 Å². The van der Waals surface area contributed by atoms with Crippen LogP contribution in [0.2, 0.25) is 0 Å². The highest BCUT2D eigenvalue weighted by Crippen LogP contribution is 2.20. The first-order chi connectivity index (χ1) is 7.29. The van der Waals surface area contributed by atoms with Gasteiger partial charge in [0.05, 0.1) is 0 Å². The molecule has 0 radical (unpaired) electrons. The van der Waals surface area contributed by atoms with Crippen molar-refractivity contribution in [2.45, 2.75) is 39.7 Å². The fraction of sp³-hybridized carbons (Fsp3) is 0.917. The summed E-state index contributed by atoms with van der Waals surface area (Å²) < 4.78 is 0. The molecule has 3 N–H and O–H groups in total. The number of hydrogen-bond donors (Lipinski definition) is 2. The van der Waals surface area contributed by atoms with Crippen LogP contribution < -0.4 is 11.1 Å². The summed E-state index contributed by atoms with van der Waals surface area (Å²) in [6.45, 7) is 7.91. The first-order valence-electron chi connectivity index (χ1n) is 5.93. The quantitative estimate of drug-likeness (QED) is 0.663. The number of hydrogen-bond acceptors (Lipinski definition) is 3. The normalized spacial score (nSPS) is 13.6. The van der Waals surface area contributed by atoms with Gasteiger partial charge in [0, 0.05) is 26.1 Å². The second-order valence-electron chi connectivity index (χ2n) is 5.45. The predicted molar refractivity (Wildman–Crippen MR) is 68.2 cm³/mol. The van der Waals surface area contributed by atoms with Crippen LogP contribution in [0, 0.1) is 5.41 Å². The Bertz CT molecular complexity index is 211. The third-order valence-corrected chi connectivity index (χ3v) is 2.85. The summed E-state index contributed by atoms with van der Waals surface area (Å²) in [5.74, 6) is 0.138. The van der Waals surface area contributed by atoms with E-state index in [0.717, 1.165) is 19.5 Å². The lowest BCUT2D eigenvalue weighted by Crippen LogP contribution is -2.41. The molecule has 0 aromatic rings. The van der Waals surface area contributed by atoms with Gasteiger partial charge in [-0.3, -0.25) is 4.79 Å². The maximum absolute atomic E-state index is 11.8. The number of nitrogens with two attached hydrogens (primary N) is 1. The Morgan fingerprint density at radius 1 is 1.44 bits per heavy atom. The van der Waals surface area contributed by atoms with Gasteiger partial charge >= 0.3 is 0 Å². The number of carbonyl (C=O) groups is 1. The summed E-state index contributed by atoms with van der Waals surface area (Å²) in [5, 5.41) is 3.06. The third kappa shape index (κ3) is 6.08. The molecular weight excluding hydrogens is 202 g/mol. The summed E-state index contributed by atoms with van der Waals surface area (Å²) in [7, 11) is 3.75. The second-order valence-corrected chi connectivity index (χ2v) is 5.45. The highest BCUT2D eigenvalue weighted by Gasteiger charge is 2.24. The van der Waals surface area contributed by atoms with Crippen molar-refractivity contribution >= 4 is 5.91 Å². The van der Waals surface area contributed by atoms with Gasteiger partial charge in [0.1, 0.15) is 0 Å². The topological polar surface area (TPSA) is 58.4 Å². The van der Waals surface area contributed by atoms with Crippen molar-refractivity contribution in [1.29, 1.82) is 0 Å². The number of amides is 1. The summed E-state index contributed by atoms with van der Waals surface area (Å²) in [6.07, 6.45) is 1.41. The Morgan fingerprint density at radius 3 is 2.44 bits per heavy atom. The molecule has 4 nitrogen and oxygen atoms in total. The molecule has 16 heavy (non-hydrogen) atoms. The molecule has 0 saturated carbocycles. The zero-order chi connectivity index (χ0) is 12.8. The average Bonchev–Trinajstić information content (AvgIpc) is 2.16. The van der Waals surface area contributed by atoms with Crippen LogP contribution in [0.25, 0.3) is 0 Å². The predicted octanol–water partition coefficient (Wildman–Crippen LogP) is 0.818. The minimum absolute atomic E-state index is 0.0124. The van der Waals surface area contributed by atoms with Crippen LogP contribution in [0.15, 0.2) is 0 Å². The zero-order valence-electron chi connectivity index (χ0n) is 11.3. The summed E-state index contributed by atoms with van der Waals surface area (Å²) in [4.78, 5) is 13.6. The lowest BCUT2D eigenvalue weighted by atomic mass is 9.85. The van der Waals surface area contributed by atoms with E-state index >= 15 is 0 Å². The lowest BCUT2D eigenvalue weighted by Gasteiger charge is -2.28. The molecule has 0 heterocycles. The molecule has 0 aliphatic heterocycles. The third-order valence-electron chi connectivity index (χ3n) is 2.85. The van der Waals surface area contributed by atoms with Crippen molar-refractivity contribution in [3.63, 3.8) is 0 Å². The van der Waals surface area contributed by atoms with Gasteiger partial charge in [0.25, 0.3) is 0 Å². The fourth-order valence-corrected chi connectivity index (χ4v) is 1.27. The summed E-state index contributed by atoms with van der Waals surface area (Å²) in [5.41, 5.74) is 5.97. The fourth-order valence-electron chi connectivity index (χ4n) is 1.27. The molecule has 0 bridgehead atoms. The van der Waals surface area contributed by atoms with Crippen LogP contribution in [-0.2, 0) is 4.79 Å². The number of rotatable bonds is 6. The van der Waals surface area contributed by atoms with E-state index in [1.807, 2.05) is 14.1 Å². The number of nitrogens with one attached hydrogen (secondary N) is 1. The van der Waals surface area contributed by atoms with Gasteiger partial charge < -0.3 is 16.0 Å². The van der Waals surface area contributed by atoms with Crippen LogP contribution in [0.1, 0.15) is 33.6 Å². The van der Waals surface area contributed by atoms with Crippen molar-refractivity contribution in [1.82, 2.24) is 10.2 Å². The van der Waals surface area contributed by atoms with Crippen molar-refractivity contribution in [2.24, 2.45) is 11.1 Å². The Labute approximate surface area is 99.6 Å². The minimum atomic E-state index is -0.0771. The molecule has 0 aliphatic carbocycles. The molecule has 0 saturated heterocycles. The zero-order valence-corrected chi connectivity index (χ0v) is 11.3. The summed E-state index contributed by atoms with van der Waals surface area (Å²) >= 11 is 0. The lowest BCUT2D eigenvalue weighted by molar-refractivity contribution is -0.130. The second kappa shape index (κ2) is 6.86. The van der Waals surface area contributed by atoms with E-state index in [1.54, 1.807) is 4.90 Å². The molecular formula is C12H27N3O. The van der Waals surface area contributed by atoms with E-state index in [2.05, 4.69) is 26.1 Å². The van der Waals surface area contributed by atoms with E-state index in [9.17, 15) is 4.79 Å². The highest BCUT2D eigenvalue weighted by molar-refractivity contribution is 5.76. The molecule has 0 fully saturated rings. The Kier molecular flexibility index (Phi) is 6.60. The number of carbonyl (C=O) groups excluding carboxylic acids is 1. The monoisotopic (exact) mass is 229 g/mol. The van der Waals surface area contributed by atoms with Gasteiger partial charge in [-0.05, 0) is 25.4 Å². The molecule has 0 aromatic carbocycles. The van der Waals surface area contributed by atoms with Crippen molar-refractivity contribution in [3.05, 3.63) is 0 Å². The van der Waals surface area contributed by atoms with E-state index in [0.29, 0.717) is 6.42 Å². The van der Waals surface area contributed by atoms with Gasteiger partial charge in [-0.25, -0.2) is 0 Å². The number of nitrogens with zero attached hydrogens (tertiary/aromatic N) is 1. The highest BCUT2D eigenvalue weighted by atomic mass is 16.2. The standard InChI is InChI=1S/C12H27N3O/c1-12(2,3)10(13)9-11(16)15(5)8-6-7-14-4/h10,14H,6-9,13H2,1-5H3. The summed E-state index contributed by atoms with van der Waals surface area (Å²) in [6, 6.07) is -0.0771. The first kappa shape index (κ1) is 15.4. The van der Waals surface area contributed by atoms with Crippen LogP contribution in [-0.4, -0.2) is 44.0 Å². The van der Waals surface area contributed by atoms with Gasteiger partial charge in [-0.15, -0.1) is 0 Å². The van der Waals surface area contributed by atoms with Crippen molar-refractivity contribution in [2.75, 3.05) is 27.2 Å². The van der Waals surface area contributed by atoms with Crippen LogP contribution in [0.5, 0.6) is 0 Å². The molecule has 4 heteroatoms. The Hall–Kier alpha value is -0.610. The van der Waals surface area contributed by atoms with Crippen LogP contribution in [0.3, 0.4) is 0 Å². The largest absolute Gasteiger partial charge is 0.346 e. The van der Waals surface area contributed by atoms with E-state index < -0.39 is 0 Å². The minimum Gasteiger partial charge on any atom is -0.346 e. The first-order valence-corrected chi connectivity index (χ1v) is 5.93. The van der Waals surface area contributed by atoms with Gasteiger partial charge in [0.15, 0.2) is 0 Å². The van der Waals surface area contributed by atoms with E-state index in [-0.39, 0.29) is 17.4 Å². The molecule has 0 rings (SSSR count). The molecule has 0 aliphatic rings. The SMILES string of the molecule is CNCCCN(C)C(=O)CC(N)C(C)(C)C. The Morgan fingerprint density at radius 2 is 2.00 bits per heavy atom. The average molecular weight is 229 g/mol. The van der Waals surface area contributed by atoms with E-state index in [1.165, 1.54) is 0 Å². The van der Waals surface area contributed by atoms with Crippen molar-refractivity contribution in [3.8, 4) is 0 Å². The maximum atomic E-state index is 11.8. The van der Waals surface area contributed by atoms with E-state index in [4.69, 9.17) is 5.73 Å². The molecule has 1 atom stereocenters. The molecule has 96 valence electrons. The van der Waals surface area contributed by atoms with Gasteiger partial charge in [0.2, 0.25) is 5.91 Å². The molecule has 0 aromatic heterocycles. The Balaban J connectivity index is 3.96. The van der Waals surface area contributed by atoms with Crippen LogP contribution >= 0.6 is 0 Å².